The summed E-state index contributed by atoms with van der Waals surface area (Å²) in [6.45, 7) is 5.18. The summed E-state index contributed by atoms with van der Waals surface area (Å²) in [4.78, 5) is 40.5. The van der Waals surface area contributed by atoms with Crippen LogP contribution in [-0.4, -0.2) is 68.6 Å². The van der Waals surface area contributed by atoms with Gasteiger partial charge in [0.25, 0.3) is 5.91 Å². The van der Waals surface area contributed by atoms with Crippen LogP contribution in [0.3, 0.4) is 0 Å². The Morgan fingerprint density at radius 1 is 1.03 bits per heavy atom. The van der Waals surface area contributed by atoms with E-state index in [-0.39, 0.29) is 5.91 Å². The average molecular weight is 420 g/mol. The molecule has 9 heteroatoms. The van der Waals surface area contributed by atoms with Crippen LogP contribution in [0.2, 0.25) is 0 Å². The zero-order chi connectivity index (χ0) is 21.8. The predicted molar refractivity (Wildman–Crippen MR) is 115 cm³/mol. The quantitative estimate of drug-likeness (QED) is 0.582. The van der Waals surface area contributed by atoms with Crippen molar-refractivity contribution >= 4 is 17.8 Å². The van der Waals surface area contributed by atoms with Gasteiger partial charge in [0.2, 0.25) is 5.95 Å². The Kier molecular flexibility index (Phi) is 5.92. The molecule has 0 spiro atoms. The molecule has 31 heavy (non-hydrogen) atoms. The van der Waals surface area contributed by atoms with E-state index in [1.54, 1.807) is 30.5 Å². The highest BCUT2D eigenvalue weighted by Crippen LogP contribution is 2.21. The van der Waals surface area contributed by atoms with Crippen LogP contribution >= 0.6 is 0 Å². The van der Waals surface area contributed by atoms with Gasteiger partial charge in [-0.2, -0.15) is 0 Å². The Labute approximate surface area is 180 Å². The molecule has 1 aliphatic heterocycles. The number of carbonyl (C=O) groups is 2. The van der Waals surface area contributed by atoms with Gasteiger partial charge in [0.05, 0.1) is 12.0 Å². The summed E-state index contributed by atoms with van der Waals surface area (Å²) in [6.07, 6.45) is 6.38. The van der Waals surface area contributed by atoms with E-state index in [0.717, 1.165) is 16.9 Å². The zero-order valence-corrected chi connectivity index (χ0v) is 17.5. The number of nitrogens with zero attached hydrogens (tertiary/aromatic N) is 6. The molecule has 4 rings (SSSR count). The third-order valence-corrected chi connectivity index (χ3v) is 5.17. The maximum Gasteiger partial charge on any atom is 0.303 e. The van der Waals surface area contributed by atoms with E-state index in [1.165, 1.54) is 6.92 Å². The molecule has 0 aliphatic carbocycles. The number of imidazole rings is 1. The van der Waals surface area contributed by atoms with Crippen molar-refractivity contribution in [2.45, 2.75) is 20.0 Å². The molecule has 0 N–H and O–H groups in total. The van der Waals surface area contributed by atoms with Crippen molar-refractivity contribution in [1.82, 2.24) is 24.4 Å². The second-order valence-corrected chi connectivity index (χ2v) is 7.32. The number of ether oxygens (including phenoxy) is 1. The van der Waals surface area contributed by atoms with Crippen molar-refractivity contribution in [3.8, 4) is 16.9 Å². The molecule has 1 atom stereocenters. The van der Waals surface area contributed by atoms with Crippen molar-refractivity contribution in [3.63, 3.8) is 0 Å². The number of rotatable bonds is 5. The minimum atomic E-state index is -0.770. The van der Waals surface area contributed by atoms with E-state index in [9.17, 15) is 9.59 Å². The van der Waals surface area contributed by atoms with Gasteiger partial charge in [-0.25, -0.2) is 15.0 Å². The summed E-state index contributed by atoms with van der Waals surface area (Å²) in [5.41, 5.74) is 2.86. The summed E-state index contributed by atoms with van der Waals surface area (Å²) in [5, 5.41) is 0. The lowest BCUT2D eigenvalue weighted by Gasteiger charge is -2.35. The van der Waals surface area contributed by atoms with Gasteiger partial charge in [-0.1, -0.05) is 12.1 Å². The molecule has 3 aromatic rings. The van der Waals surface area contributed by atoms with Gasteiger partial charge < -0.3 is 19.1 Å². The second-order valence-electron chi connectivity index (χ2n) is 7.32. The van der Waals surface area contributed by atoms with E-state index in [2.05, 4.69) is 14.9 Å². The first-order chi connectivity index (χ1) is 15.0. The maximum atomic E-state index is 12.4. The molecule has 1 amide bonds. The number of amides is 1. The summed E-state index contributed by atoms with van der Waals surface area (Å²) in [7, 11) is 0. The minimum absolute atomic E-state index is 0.178. The normalized spacial score (nSPS) is 14.9. The Bertz CT molecular complexity index is 1040. The number of anilines is 1. The third kappa shape index (κ3) is 4.71. The molecule has 0 radical (unpaired) electrons. The monoisotopic (exact) mass is 420 g/mol. The van der Waals surface area contributed by atoms with E-state index >= 15 is 0 Å². The largest absolute Gasteiger partial charge is 0.453 e. The topological polar surface area (TPSA) is 93.5 Å². The fourth-order valence-corrected chi connectivity index (χ4v) is 3.56. The first-order valence-electron chi connectivity index (χ1n) is 10.1. The second kappa shape index (κ2) is 8.95. The van der Waals surface area contributed by atoms with Gasteiger partial charge in [0.1, 0.15) is 0 Å². The van der Waals surface area contributed by atoms with Crippen LogP contribution in [-0.2, 0) is 14.3 Å². The number of benzene rings is 1. The van der Waals surface area contributed by atoms with Gasteiger partial charge in [-0.05, 0) is 25.1 Å². The van der Waals surface area contributed by atoms with Crippen LogP contribution in [0.1, 0.15) is 13.8 Å². The van der Waals surface area contributed by atoms with Crippen LogP contribution < -0.4 is 4.90 Å². The first kappa shape index (κ1) is 20.5. The molecule has 1 aromatic carbocycles. The SMILES string of the molecule is CC(=O)O[C@@H](C)C(=O)N1CCN(c2nccc(-c3ccc(-n4ccnc4)cc3)n2)CC1. The standard InChI is InChI=1S/C22H24N6O3/c1-16(31-17(2)29)21(30)26-11-13-27(14-12-26)22-24-8-7-20(25-22)18-3-5-19(6-4-18)28-10-9-23-15-28/h3-10,15-16H,11-14H2,1-2H3/t16-/m0/s1. The Balaban J connectivity index is 1.41. The van der Waals surface area contributed by atoms with Gasteiger partial charge in [0, 0.05) is 62.9 Å². The highest BCUT2D eigenvalue weighted by atomic mass is 16.5. The van der Waals surface area contributed by atoms with Gasteiger partial charge in [-0.15, -0.1) is 0 Å². The van der Waals surface area contributed by atoms with Crippen molar-refractivity contribution in [2.24, 2.45) is 0 Å². The van der Waals surface area contributed by atoms with Crippen molar-refractivity contribution in [1.29, 1.82) is 0 Å². The molecular weight excluding hydrogens is 396 g/mol. The molecule has 3 heterocycles. The van der Waals surface area contributed by atoms with Crippen molar-refractivity contribution < 1.29 is 14.3 Å². The van der Waals surface area contributed by atoms with Crippen molar-refractivity contribution in [2.75, 3.05) is 31.1 Å². The van der Waals surface area contributed by atoms with Crippen LogP contribution in [0, 0.1) is 0 Å². The number of hydrogen-bond donors (Lipinski definition) is 0. The number of carbonyl (C=O) groups excluding carboxylic acids is 2. The third-order valence-electron chi connectivity index (χ3n) is 5.17. The first-order valence-corrected chi connectivity index (χ1v) is 10.1. The summed E-state index contributed by atoms with van der Waals surface area (Å²) < 4.78 is 6.94. The highest BCUT2D eigenvalue weighted by Gasteiger charge is 2.27. The fourth-order valence-electron chi connectivity index (χ4n) is 3.56. The average Bonchev–Trinajstić information content (AvgIpc) is 3.33. The molecule has 9 nitrogen and oxygen atoms in total. The number of aromatic nitrogens is 4. The van der Waals surface area contributed by atoms with Gasteiger partial charge >= 0.3 is 5.97 Å². The lowest BCUT2D eigenvalue weighted by atomic mass is 10.1. The number of piperazine rings is 1. The molecule has 2 aromatic heterocycles. The van der Waals surface area contributed by atoms with Crippen LogP contribution in [0.15, 0.2) is 55.2 Å². The molecule has 160 valence electrons. The summed E-state index contributed by atoms with van der Waals surface area (Å²) >= 11 is 0. The van der Waals surface area contributed by atoms with E-state index in [4.69, 9.17) is 9.72 Å². The summed E-state index contributed by atoms with van der Waals surface area (Å²) in [5.74, 6) is 0.00146. The maximum absolute atomic E-state index is 12.4. The molecule has 0 bridgehead atoms. The molecular formula is C22H24N6O3. The molecule has 1 aliphatic rings. The smallest absolute Gasteiger partial charge is 0.303 e. The Morgan fingerprint density at radius 3 is 2.42 bits per heavy atom. The Hall–Kier alpha value is -3.75. The molecule has 1 saturated heterocycles. The number of hydrogen-bond acceptors (Lipinski definition) is 7. The fraction of sp³-hybridized carbons (Fsp3) is 0.318. The minimum Gasteiger partial charge on any atom is -0.453 e. The molecule has 0 unspecified atom stereocenters. The predicted octanol–water partition coefficient (Wildman–Crippen LogP) is 1.93. The van der Waals surface area contributed by atoms with E-state index in [1.807, 2.05) is 41.1 Å². The lowest BCUT2D eigenvalue weighted by Crippen LogP contribution is -2.52. The van der Waals surface area contributed by atoms with E-state index < -0.39 is 12.1 Å². The van der Waals surface area contributed by atoms with Crippen LogP contribution in [0.4, 0.5) is 5.95 Å². The van der Waals surface area contributed by atoms with Gasteiger partial charge in [0.15, 0.2) is 6.10 Å². The van der Waals surface area contributed by atoms with E-state index in [0.29, 0.717) is 32.1 Å². The summed E-state index contributed by atoms with van der Waals surface area (Å²) in [6, 6.07) is 9.97. The highest BCUT2D eigenvalue weighted by molar-refractivity contribution is 5.83. The zero-order valence-electron chi connectivity index (χ0n) is 17.5. The number of esters is 1. The molecule has 0 saturated carbocycles. The van der Waals surface area contributed by atoms with Crippen LogP contribution in [0.25, 0.3) is 16.9 Å². The van der Waals surface area contributed by atoms with Gasteiger partial charge in [-0.3, -0.25) is 9.59 Å². The van der Waals surface area contributed by atoms with Crippen LogP contribution in [0.5, 0.6) is 0 Å². The molecule has 1 fully saturated rings. The Morgan fingerprint density at radius 2 is 1.77 bits per heavy atom. The van der Waals surface area contributed by atoms with Crippen molar-refractivity contribution in [3.05, 3.63) is 55.2 Å². The lowest BCUT2D eigenvalue weighted by molar-refractivity contribution is -0.157.